The van der Waals surface area contributed by atoms with E-state index in [1.807, 2.05) is 0 Å². The van der Waals surface area contributed by atoms with Crippen molar-refractivity contribution in [2.24, 2.45) is 5.41 Å². The second kappa shape index (κ2) is 5.98. The van der Waals surface area contributed by atoms with Crippen LogP contribution in [0, 0.1) is 17.0 Å². The van der Waals surface area contributed by atoms with Crippen LogP contribution in [0.4, 0.5) is 8.78 Å². The van der Waals surface area contributed by atoms with Crippen molar-refractivity contribution in [3.63, 3.8) is 0 Å². The topological polar surface area (TPSA) is 58.2 Å². The highest BCUT2D eigenvalue weighted by molar-refractivity contribution is 7.89. The number of rotatable bonds is 4. The minimum Gasteiger partial charge on any atom is -0.312 e. The number of nitrogens with one attached hydrogen (secondary N) is 2. The molecule has 1 heterocycles. The van der Waals surface area contributed by atoms with Crippen molar-refractivity contribution in [1.82, 2.24) is 10.0 Å². The molecule has 1 aliphatic rings. The summed E-state index contributed by atoms with van der Waals surface area (Å²) >= 11 is 0. The highest BCUT2D eigenvalue weighted by Crippen LogP contribution is 2.29. The molecule has 0 radical (unpaired) electrons. The lowest BCUT2D eigenvalue weighted by Crippen LogP contribution is -2.52. The van der Waals surface area contributed by atoms with Gasteiger partial charge < -0.3 is 5.32 Å². The van der Waals surface area contributed by atoms with Gasteiger partial charge in [-0.3, -0.25) is 0 Å². The summed E-state index contributed by atoms with van der Waals surface area (Å²) in [6.45, 7) is 5.16. The summed E-state index contributed by atoms with van der Waals surface area (Å²) < 4.78 is 52.9. The third-order valence-electron chi connectivity index (χ3n) is 3.96. The summed E-state index contributed by atoms with van der Waals surface area (Å²) in [4.78, 5) is -0.395. The van der Waals surface area contributed by atoms with Gasteiger partial charge in [0.2, 0.25) is 10.0 Å². The van der Waals surface area contributed by atoms with E-state index in [2.05, 4.69) is 23.9 Å². The van der Waals surface area contributed by atoms with E-state index in [0.717, 1.165) is 31.5 Å². The molecule has 1 aromatic rings. The predicted molar refractivity (Wildman–Crippen MR) is 76.4 cm³/mol. The van der Waals surface area contributed by atoms with Gasteiger partial charge in [-0.2, -0.15) is 0 Å². The van der Waals surface area contributed by atoms with Crippen molar-refractivity contribution in [3.8, 4) is 0 Å². The smallest absolute Gasteiger partial charge is 0.240 e. The first-order chi connectivity index (χ1) is 9.71. The highest BCUT2D eigenvalue weighted by atomic mass is 32.2. The largest absolute Gasteiger partial charge is 0.312 e. The first kappa shape index (κ1) is 16.3. The molecular formula is C14H20F2N2O2S. The second-order valence-electron chi connectivity index (χ2n) is 6.06. The fraction of sp³-hybridized carbons (Fsp3) is 0.571. The summed E-state index contributed by atoms with van der Waals surface area (Å²) in [7, 11) is -3.92. The normalized spacial score (nSPS) is 22.2. The van der Waals surface area contributed by atoms with Crippen molar-refractivity contribution in [2.75, 3.05) is 13.1 Å². The Morgan fingerprint density at radius 3 is 2.48 bits per heavy atom. The molecule has 7 heteroatoms. The minimum atomic E-state index is -3.92. The van der Waals surface area contributed by atoms with E-state index in [1.165, 1.54) is 0 Å². The van der Waals surface area contributed by atoms with Gasteiger partial charge >= 0.3 is 0 Å². The molecule has 1 aliphatic heterocycles. The van der Waals surface area contributed by atoms with Crippen molar-refractivity contribution in [3.05, 3.63) is 29.8 Å². The van der Waals surface area contributed by atoms with Crippen LogP contribution < -0.4 is 10.0 Å². The molecule has 0 bridgehead atoms. The molecule has 2 rings (SSSR count). The maximum atomic E-state index is 13.1. The van der Waals surface area contributed by atoms with E-state index < -0.39 is 26.6 Å². The van der Waals surface area contributed by atoms with Crippen molar-refractivity contribution in [1.29, 1.82) is 0 Å². The number of hydrogen-bond acceptors (Lipinski definition) is 3. The molecule has 0 aromatic heterocycles. The second-order valence-corrected chi connectivity index (χ2v) is 7.82. The van der Waals surface area contributed by atoms with E-state index in [-0.39, 0.29) is 18.0 Å². The maximum absolute atomic E-state index is 13.1. The predicted octanol–water partition coefficient (Wildman–Crippen LogP) is 2.02. The summed E-state index contributed by atoms with van der Waals surface area (Å²) in [6, 6.07) is 2.25. The van der Waals surface area contributed by atoms with Crippen LogP contribution in [-0.4, -0.2) is 27.5 Å². The van der Waals surface area contributed by atoms with Crippen LogP contribution in [0.5, 0.6) is 0 Å². The van der Waals surface area contributed by atoms with Crippen LogP contribution in [0.3, 0.4) is 0 Å². The molecular weight excluding hydrogens is 298 g/mol. The summed E-state index contributed by atoms with van der Waals surface area (Å²) in [5.74, 6) is -1.82. The Kier molecular flexibility index (Phi) is 4.65. The molecule has 0 saturated carbocycles. The molecule has 118 valence electrons. The van der Waals surface area contributed by atoms with Gasteiger partial charge in [-0.05, 0) is 36.9 Å². The van der Waals surface area contributed by atoms with E-state index in [0.29, 0.717) is 6.07 Å². The Balaban J connectivity index is 2.11. The molecule has 0 aliphatic carbocycles. The van der Waals surface area contributed by atoms with Crippen LogP contribution in [0.2, 0.25) is 0 Å². The minimum absolute atomic E-state index is 0.0144. The Morgan fingerprint density at radius 1 is 1.29 bits per heavy atom. The average molecular weight is 318 g/mol. The molecule has 0 amide bonds. The van der Waals surface area contributed by atoms with Gasteiger partial charge in [-0.1, -0.05) is 13.8 Å². The molecule has 0 spiro atoms. The van der Waals surface area contributed by atoms with Crippen molar-refractivity contribution >= 4 is 10.0 Å². The zero-order valence-electron chi connectivity index (χ0n) is 12.1. The van der Waals surface area contributed by atoms with Crippen molar-refractivity contribution < 1.29 is 17.2 Å². The zero-order valence-corrected chi connectivity index (χ0v) is 12.9. The van der Waals surface area contributed by atoms with Crippen LogP contribution >= 0.6 is 0 Å². The Bertz CT molecular complexity index is 597. The fourth-order valence-corrected chi connectivity index (χ4v) is 3.67. The monoisotopic (exact) mass is 318 g/mol. The lowest BCUT2D eigenvalue weighted by Gasteiger charge is -2.39. The summed E-state index contributed by atoms with van der Waals surface area (Å²) in [5.41, 5.74) is -0.0338. The molecule has 1 aromatic carbocycles. The lowest BCUT2D eigenvalue weighted by atomic mass is 9.78. The van der Waals surface area contributed by atoms with Gasteiger partial charge in [0.1, 0.15) is 11.6 Å². The molecule has 21 heavy (non-hydrogen) atoms. The third-order valence-corrected chi connectivity index (χ3v) is 5.36. The quantitative estimate of drug-likeness (QED) is 0.893. The number of sulfonamides is 1. The van der Waals surface area contributed by atoms with Gasteiger partial charge in [0.15, 0.2) is 0 Å². The van der Waals surface area contributed by atoms with Crippen LogP contribution in [0.25, 0.3) is 0 Å². The van der Waals surface area contributed by atoms with Gasteiger partial charge in [0.05, 0.1) is 4.90 Å². The molecule has 2 N–H and O–H groups in total. The van der Waals surface area contributed by atoms with E-state index in [1.54, 1.807) is 0 Å². The summed E-state index contributed by atoms with van der Waals surface area (Å²) in [5, 5.41) is 3.28. The Morgan fingerprint density at radius 2 is 1.90 bits per heavy atom. The Labute approximate surface area is 124 Å². The Hall–Kier alpha value is -1.05. The number of halogens is 2. The molecule has 1 fully saturated rings. The van der Waals surface area contributed by atoms with Crippen molar-refractivity contribution in [2.45, 2.75) is 37.6 Å². The first-order valence-corrected chi connectivity index (χ1v) is 8.38. The first-order valence-electron chi connectivity index (χ1n) is 6.90. The average Bonchev–Trinajstić information content (AvgIpc) is 2.36. The molecule has 1 saturated heterocycles. The highest BCUT2D eigenvalue weighted by Gasteiger charge is 2.32. The number of hydrogen-bond donors (Lipinski definition) is 2. The molecule has 1 atom stereocenters. The van der Waals surface area contributed by atoms with Crippen LogP contribution in [0.15, 0.2) is 23.1 Å². The van der Waals surface area contributed by atoms with E-state index in [4.69, 9.17) is 0 Å². The van der Waals surface area contributed by atoms with Gasteiger partial charge in [0, 0.05) is 18.7 Å². The van der Waals surface area contributed by atoms with Gasteiger partial charge in [-0.25, -0.2) is 21.9 Å². The molecule has 4 nitrogen and oxygen atoms in total. The van der Waals surface area contributed by atoms with E-state index in [9.17, 15) is 17.2 Å². The zero-order chi connectivity index (χ0) is 15.7. The van der Waals surface area contributed by atoms with E-state index >= 15 is 0 Å². The van der Waals surface area contributed by atoms with Crippen LogP contribution in [-0.2, 0) is 10.0 Å². The number of piperidine rings is 1. The SMILES string of the molecule is CC1(C)CCCNC1CNS(=O)(=O)c1cc(F)cc(F)c1. The van der Waals surface area contributed by atoms with Crippen LogP contribution in [0.1, 0.15) is 26.7 Å². The molecule has 1 unspecified atom stereocenters. The van der Waals surface area contributed by atoms with Gasteiger partial charge in [0.25, 0.3) is 0 Å². The van der Waals surface area contributed by atoms with Gasteiger partial charge in [-0.15, -0.1) is 0 Å². The third kappa shape index (κ3) is 3.99. The fourth-order valence-electron chi connectivity index (χ4n) is 2.58. The maximum Gasteiger partial charge on any atom is 0.240 e. The summed E-state index contributed by atoms with van der Waals surface area (Å²) in [6.07, 6.45) is 2.05. The standard InChI is InChI=1S/C14H20F2N2O2S/c1-14(2)4-3-5-17-13(14)9-18-21(19,20)12-7-10(15)6-11(16)8-12/h6-8,13,17-18H,3-5,9H2,1-2H3. The lowest BCUT2D eigenvalue weighted by molar-refractivity contribution is 0.181. The number of benzene rings is 1.